The van der Waals surface area contributed by atoms with Crippen molar-refractivity contribution in [1.29, 1.82) is 0 Å². The number of hydrogen-bond donors (Lipinski definition) is 1. The third kappa shape index (κ3) is 6.28. The van der Waals surface area contributed by atoms with Crippen molar-refractivity contribution >= 4 is 10.8 Å². The van der Waals surface area contributed by atoms with Gasteiger partial charge in [-0.25, -0.2) is 0 Å². The molecule has 3 nitrogen and oxygen atoms in total. The first-order chi connectivity index (χ1) is 7.18. The van der Waals surface area contributed by atoms with E-state index in [1.54, 1.807) is 6.26 Å². The Kier molecular flexibility index (Phi) is 6.45. The summed E-state index contributed by atoms with van der Waals surface area (Å²) in [4.78, 5) is 2.40. The summed E-state index contributed by atoms with van der Waals surface area (Å²) in [5.74, 6) is 1.69. The van der Waals surface area contributed by atoms with E-state index in [4.69, 9.17) is 0 Å². The first-order valence-corrected chi connectivity index (χ1v) is 7.60. The van der Waals surface area contributed by atoms with Gasteiger partial charge in [-0.3, -0.25) is 4.21 Å². The lowest BCUT2D eigenvalue weighted by Gasteiger charge is -2.29. The smallest absolute Gasteiger partial charge is 0.0244 e. The summed E-state index contributed by atoms with van der Waals surface area (Å²) in [6.07, 6.45) is 5.46. The summed E-state index contributed by atoms with van der Waals surface area (Å²) >= 11 is 0. The summed E-state index contributed by atoms with van der Waals surface area (Å²) in [5.41, 5.74) is 0. The topological polar surface area (TPSA) is 32.3 Å². The molecule has 0 amide bonds. The molecule has 1 heterocycles. The second-order valence-corrected chi connectivity index (χ2v) is 6.14. The molecule has 0 aromatic carbocycles. The third-order valence-electron chi connectivity index (χ3n) is 3.06. The zero-order chi connectivity index (χ0) is 11.1. The molecular weight excluding hydrogens is 208 g/mol. The molecule has 0 saturated carbocycles. The zero-order valence-corrected chi connectivity index (χ0v) is 10.8. The van der Waals surface area contributed by atoms with Gasteiger partial charge in [0.2, 0.25) is 0 Å². The Morgan fingerprint density at radius 2 is 2.07 bits per heavy atom. The van der Waals surface area contributed by atoms with E-state index in [0.717, 1.165) is 31.2 Å². The van der Waals surface area contributed by atoms with Gasteiger partial charge in [0.1, 0.15) is 0 Å². The lowest BCUT2D eigenvalue weighted by atomic mass is 9.97. The van der Waals surface area contributed by atoms with Gasteiger partial charge < -0.3 is 10.2 Å². The first-order valence-electron chi connectivity index (χ1n) is 5.88. The summed E-state index contributed by atoms with van der Waals surface area (Å²) in [7, 11) is 1.57. The predicted molar refractivity (Wildman–Crippen MR) is 66.6 cm³/mol. The molecule has 0 aliphatic carbocycles. The van der Waals surface area contributed by atoms with E-state index in [1.165, 1.54) is 25.9 Å². The van der Waals surface area contributed by atoms with Gasteiger partial charge in [-0.2, -0.15) is 0 Å². The molecule has 1 saturated heterocycles. The van der Waals surface area contributed by atoms with Crippen LogP contribution in [0.25, 0.3) is 0 Å². The van der Waals surface area contributed by atoms with Crippen LogP contribution in [0.1, 0.15) is 19.3 Å². The second kappa shape index (κ2) is 7.36. The van der Waals surface area contributed by atoms with Crippen LogP contribution in [0.2, 0.25) is 0 Å². The summed E-state index contributed by atoms with van der Waals surface area (Å²) in [6, 6.07) is 0. The molecule has 1 unspecified atom stereocenters. The molecule has 4 heteroatoms. The van der Waals surface area contributed by atoms with Crippen LogP contribution in [0.4, 0.5) is 0 Å². The van der Waals surface area contributed by atoms with Gasteiger partial charge in [0.15, 0.2) is 0 Å². The van der Waals surface area contributed by atoms with Crippen molar-refractivity contribution in [2.75, 3.05) is 45.2 Å². The van der Waals surface area contributed by atoms with Crippen LogP contribution in [0.3, 0.4) is 0 Å². The van der Waals surface area contributed by atoms with Crippen molar-refractivity contribution in [3.8, 4) is 0 Å². The highest BCUT2D eigenvalue weighted by Gasteiger charge is 2.15. The van der Waals surface area contributed by atoms with Crippen molar-refractivity contribution in [3.63, 3.8) is 0 Å². The molecule has 0 aromatic heterocycles. The number of rotatable bonds is 6. The SMILES string of the molecule is CN1CCC(CNCCCS(C)=O)CC1. The van der Waals surface area contributed by atoms with E-state index >= 15 is 0 Å². The van der Waals surface area contributed by atoms with Gasteiger partial charge in [0.25, 0.3) is 0 Å². The number of likely N-dealkylation sites (tertiary alicyclic amines) is 1. The molecule has 1 aliphatic heterocycles. The standard InChI is InChI=1S/C11H24N2OS/c1-13-7-4-11(5-8-13)10-12-6-3-9-15(2)14/h11-12H,3-10H2,1-2H3. The van der Waals surface area contributed by atoms with Crippen molar-refractivity contribution in [2.24, 2.45) is 5.92 Å². The lowest BCUT2D eigenvalue weighted by Crippen LogP contribution is -2.35. The largest absolute Gasteiger partial charge is 0.316 e. The van der Waals surface area contributed by atoms with Crippen LogP contribution in [0.5, 0.6) is 0 Å². The van der Waals surface area contributed by atoms with Gasteiger partial charge in [0.05, 0.1) is 0 Å². The minimum absolute atomic E-state index is 0.625. The Labute approximate surface area is 96.1 Å². The van der Waals surface area contributed by atoms with E-state index < -0.39 is 10.8 Å². The Morgan fingerprint density at radius 1 is 1.40 bits per heavy atom. The fourth-order valence-corrected chi connectivity index (χ4v) is 2.52. The van der Waals surface area contributed by atoms with Gasteiger partial charge in [-0.15, -0.1) is 0 Å². The summed E-state index contributed by atoms with van der Waals surface area (Å²) in [6.45, 7) is 4.65. The third-order valence-corrected chi connectivity index (χ3v) is 3.92. The van der Waals surface area contributed by atoms with E-state index in [0.29, 0.717) is 0 Å². The Balaban J connectivity index is 1.94. The molecule has 15 heavy (non-hydrogen) atoms. The lowest BCUT2D eigenvalue weighted by molar-refractivity contribution is 0.216. The molecule has 1 rings (SSSR count). The quantitative estimate of drug-likeness (QED) is 0.684. The molecule has 1 fully saturated rings. The van der Waals surface area contributed by atoms with E-state index in [2.05, 4.69) is 17.3 Å². The molecule has 90 valence electrons. The average Bonchev–Trinajstić information content (AvgIpc) is 2.20. The number of nitrogens with one attached hydrogen (secondary N) is 1. The van der Waals surface area contributed by atoms with Crippen molar-refractivity contribution in [2.45, 2.75) is 19.3 Å². The van der Waals surface area contributed by atoms with Crippen molar-refractivity contribution in [1.82, 2.24) is 10.2 Å². The molecule has 0 radical (unpaired) electrons. The van der Waals surface area contributed by atoms with E-state index in [9.17, 15) is 4.21 Å². The molecule has 0 bridgehead atoms. The van der Waals surface area contributed by atoms with E-state index in [-0.39, 0.29) is 0 Å². The van der Waals surface area contributed by atoms with Crippen LogP contribution in [0, 0.1) is 5.92 Å². The predicted octanol–water partition coefficient (Wildman–Crippen LogP) is 0.686. The molecule has 0 aromatic rings. The molecule has 1 atom stereocenters. The maximum absolute atomic E-state index is 10.8. The van der Waals surface area contributed by atoms with Crippen molar-refractivity contribution in [3.05, 3.63) is 0 Å². The Hall–Kier alpha value is 0.0700. The zero-order valence-electron chi connectivity index (χ0n) is 10.00. The van der Waals surface area contributed by atoms with Crippen LogP contribution in [-0.4, -0.2) is 54.3 Å². The fraction of sp³-hybridized carbons (Fsp3) is 1.00. The Bertz CT molecular complexity index is 191. The normalized spacial score (nSPS) is 21.7. The summed E-state index contributed by atoms with van der Waals surface area (Å²) < 4.78 is 10.8. The van der Waals surface area contributed by atoms with Crippen LogP contribution < -0.4 is 5.32 Å². The number of nitrogens with zero attached hydrogens (tertiary/aromatic N) is 1. The monoisotopic (exact) mass is 232 g/mol. The average molecular weight is 232 g/mol. The van der Waals surface area contributed by atoms with Gasteiger partial charge in [-0.1, -0.05) is 0 Å². The van der Waals surface area contributed by atoms with E-state index in [1.807, 2.05) is 0 Å². The molecule has 1 aliphatic rings. The second-order valence-electron chi connectivity index (χ2n) is 4.58. The Morgan fingerprint density at radius 3 is 2.67 bits per heavy atom. The fourth-order valence-electron chi connectivity index (χ4n) is 1.97. The van der Waals surface area contributed by atoms with Gasteiger partial charge >= 0.3 is 0 Å². The highest BCUT2D eigenvalue weighted by molar-refractivity contribution is 7.84. The number of hydrogen-bond acceptors (Lipinski definition) is 3. The molecule has 0 spiro atoms. The van der Waals surface area contributed by atoms with Crippen molar-refractivity contribution < 1.29 is 4.21 Å². The van der Waals surface area contributed by atoms with Gasteiger partial charge in [-0.05, 0) is 58.4 Å². The molecule has 1 N–H and O–H groups in total. The van der Waals surface area contributed by atoms with Crippen LogP contribution >= 0.6 is 0 Å². The van der Waals surface area contributed by atoms with Gasteiger partial charge in [0, 0.05) is 22.8 Å². The molecular formula is C11H24N2OS. The minimum atomic E-state index is -0.625. The van der Waals surface area contributed by atoms with Crippen LogP contribution in [0.15, 0.2) is 0 Å². The summed E-state index contributed by atoms with van der Waals surface area (Å²) in [5, 5.41) is 3.47. The highest BCUT2D eigenvalue weighted by atomic mass is 32.2. The maximum Gasteiger partial charge on any atom is 0.0244 e. The first kappa shape index (κ1) is 13.1. The van der Waals surface area contributed by atoms with Crippen LogP contribution in [-0.2, 0) is 10.8 Å². The minimum Gasteiger partial charge on any atom is -0.316 e. The highest BCUT2D eigenvalue weighted by Crippen LogP contribution is 2.14. The number of piperidine rings is 1. The maximum atomic E-state index is 10.8.